The van der Waals surface area contributed by atoms with Crippen LogP contribution in [0.3, 0.4) is 0 Å². The fourth-order valence-corrected chi connectivity index (χ4v) is 0.929. The Labute approximate surface area is 70.4 Å². The van der Waals surface area contributed by atoms with Gasteiger partial charge in [-0.25, -0.2) is 0 Å². The van der Waals surface area contributed by atoms with E-state index in [0.717, 1.165) is 13.0 Å². The van der Waals surface area contributed by atoms with Gasteiger partial charge in [0.2, 0.25) is 0 Å². The highest BCUT2D eigenvalue weighted by molar-refractivity contribution is 4.94. The van der Waals surface area contributed by atoms with Crippen LogP contribution < -0.4 is 0 Å². The summed E-state index contributed by atoms with van der Waals surface area (Å²) in [5, 5.41) is 0. The van der Waals surface area contributed by atoms with Crippen LogP contribution in [0.4, 0.5) is 0 Å². The molecule has 0 aliphatic rings. The standard InChI is InChI=1S/C10H20O/c1-5-7-9-11-10(3,4)8-6-2/h6,8H,5,7,9H2,1-4H3/b8-6+. The van der Waals surface area contributed by atoms with Crippen LogP contribution in [-0.4, -0.2) is 12.2 Å². The molecule has 0 radical (unpaired) electrons. The Morgan fingerprint density at radius 3 is 2.45 bits per heavy atom. The van der Waals surface area contributed by atoms with Crippen LogP contribution in [0.2, 0.25) is 0 Å². The smallest absolute Gasteiger partial charge is 0.0806 e. The molecule has 0 aliphatic carbocycles. The minimum absolute atomic E-state index is 0.0794. The number of ether oxygens (including phenoxy) is 1. The second-order valence-corrected chi connectivity index (χ2v) is 3.31. The zero-order chi connectivity index (χ0) is 8.74. The molecule has 0 atom stereocenters. The van der Waals surface area contributed by atoms with Crippen LogP contribution >= 0.6 is 0 Å². The van der Waals surface area contributed by atoms with Gasteiger partial charge in [-0.3, -0.25) is 0 Å². The number of rotatable bonds is 5. The molecule has 66 valence electrons. The highest BCUT2D eigenvalue weighted by atomic mass is 16.5. The lowest BCUT2D eigenvalue weighted by Gasteiger charge is -2.20. The van der Waals surface area contributed by atoms with Crippen LogP contribution in [0.5, 0.6) is 0 Å². The van der Waals surface area contributed by atoms with Crippen LogP contribution in [0.25, 0.3) is 0 Å². The Kier molecular flexibility index (Phi) is 5.22. The first-order valence-electron chi connectivity index (χ1n) is 4.40. The van der Waals surface area contributed by atoms with E-state index in [9.17, 15) is 0 Å². The number of unbranched alkanes of at least 4 members (excludes halogenated alkanes) is 1. The third-order valence-electron chi connectivity index (χ3n) is 1.54. The summed E-state index contributed by atoms with van der Waals surface area (Å²) >= 11 is 0. The van der Waals surface area contributed by atoms with Crippen LogP contribution in [0, 0.1) is 0 Å². The summed E-state index contributed by atoms with van der Waals surface area (Å²) in [4.78, 5) is 0. The Morgan fingerprint density at radius 1 is 1.36 bits per heavy atom. The minimum Gasteiger partial charge on any atom is -0.372 e. The van der Waals surface area contributed by atoms with Gasteiger partial charge in [-0.05, 0) is 27.2 Å². The Hall–Kier alpha value is -0.300. The van der Waals surface area contributed by atoms with E-state index < -0.39 is 0 Å². The highest BCUT2D eigenvalue weighted by Crippen LogP contribution is 2.11. The molecule has 0 saturated heterocycles. The predicted octanol–water partition coefficient (Wildman–Crippen LogP) is 3.16. The predicted molar refractivity (Wildman–Crippen MR) is 49.8 cm³/mol. The monoisotopic (exact) mass is 156 g/mol. The zero-order valence-electron chi connectivity index (χ0n) is 8.18. The summed E-state index contributed by atoms with van der Waals surface area (Å²) in [6, 6.07) is 0. The van der Waals surface area contributed by atoms with Gasteiger partial charge in [-0.2, -0.15) is 0 Å². The van der Waals surface area contributed by atoms with E-state index in [-0.39, 0.29) is 5.60 Å². The molecule has 0 bridgehead atoms. The van der Waals surface area contributed by atoms with Crippen molar-refractivity contribution in [2.24, 2.45) is 0 Å². The van der Waals surface area contributed by atoms with Gasteiger partial charge in [0.1, 0.15) is 0 Å². The van der Waals surface area contributed by atoms with Crippen LogP contribution in [0.1, 0.15) is 40.5 Å². The van der Waals surface area contributed by atoms with Gasteiger partial charge in [-0.1, -0.05) is 25.5 Å². The van der Waals surface area contributed by atoms with E-state index in [1.165, 1.54) is 6.42 Å². The molecule has 0 rings (SSSR count). The van der Waals surface area contributed by atoms with Crippen molar-refractivity contribution in [1.82, 2.24) is 0 Å². The van der Waals surface area contributed by atoms with Gasteiger partial charge in [-0.15, -0.1) is 0 Å². The molecule has 1 nitrogen and oxygen atoms in total. The molecule has 0 fully saturated rings. The van der Waals surface area contributed by atoms with Crippen molar-refractivity contribution in [3.63, 3.8) is 0 Å². The molecule has 0 aromatic carbocycles. The number of allylic oxidation sites excluding steroid dienone is 1. The Morgan fingerprint density at radius 2 is 2.00 bits per heavy atom. The maximum Gasteiger partial charge on any atom is 0.0806 e. The molecule has 0 unspecified atom stereocenters. The summed E-state index contributed by atoms with van der Waals surface area (Å²) in [6.45, 7) is 9.23. The summed E-state index contributed by atoms with van der Waals surface area (Å²) in [5.74, 6) is 0. The van der Waals surface area contributed by atoms with Crippen molar-refractivity contribution >= 4 is 0 Å². The molecule has 0 aromatic rings. The number of hydrogen-bond donors (Lipinski definition) is 0. The van der Waals surface area contributed by atoms with Crippen molar-refractivity contribution in [3.05, 3.63) is 12.2 Å². The van der Waals surface area contributed by atoms with E-state index >= 15 is 0 Å². The molecular weight excluding hydrogens is 136 g/mol. The van der Waals surface area contributed by atoms with E-state index in [1.807, 2.05) is 13.0 Å². The third kappa shape index (κ3) is 6.11. The first-order chi connectivity index (χ1) is 5.12. The molecular formula is C10H20O. The topological polar surface area (TPSA) is 9.23 Å². The quantitative estimate of drug-likeness (QED) is 0.439. The van der Waals surface area contributed by atoms with Gasteiger partial charge >= 0.3 is 0 Å². The van der Waals surface area contributed by atoms with Crippen molar-refractivity contribution in [2.45, 2.75) is 46.1 Å². The summed E-state index contributed by atoms with van der Waals surface area (Å²) in [5.41, 5.74) is -0.0794. The Balaban J connectivity index is 3.55. The maximum absolute atomic E-state index is 5.62. The first-order valence-corrected chi connectivity index (χ1v) is 4.40. The van der Waals surface area contributed by atoms with Crippen molar-refractivity contribution in [1.29, 1.82) is 0 Å². The lowest BCUT2D eigenvalue weighted by atomic mass is 10.1. The van der Waals surface area contributed by atoms with Gasteiger partial charge in [0, 0.05) is 6.61 Å². The van der Waals surface area contributed by atoms with Crippen molar-refractivity contribution in [2.75, 3.05) is 6.61 Å². The summed E-state index contributed by atoms with van der Waals surface area (Å²) < 4.78 is 5.62. The largest absolute Gasteiger partial charge is 0.372 e. The third-order valence-corrected chi connectivity index (χ3v) is 1.54. The molecule has 1 heteroatoms. The first kappa shape index (κ1) is 10.7. The molecule has 0 heterocycles. The molecule has 0 spiro atoms. The molecule has 0 N–H and O–H groups in total. The number of hydrogen-bond acceptors (Lipinski definition) is 1. The minimum atomic E-state index is -0.0794. The Bertz CT molecular complexity index is 114. The lowest BCUT2D eigenvalue weighted by Crippen LogP contribution is -2.21. The SMILES string of the molecule is C/C=C/C(C)(C)OCCCC. The normalized spacial score (nSPS) is 12.7. The fourth-order valence-electron chi connectivity index (χ4n) is 0.929. The molecule has 11 heavy (non-hydrogen) atoms. The molecule has 0 saturated carbocycles. The average molecular weight is 156 g/mol. The molecule has 0 amide bonds. The zero-order valence-corrected chi connectivity index (χ0v) is 8.18. The highest BCUT2D eigenvalue weighted by Gasteiger charge is 2.11. The fraction of sp³-hybridized carbons (Fsp3) is 0.800. The van der Waals surface area contributed by atoms with Crippen LogP contribution in [0.15, 0.2) is 12.2 Å². The van der Waals surface area contributed by atoms with Crippen molar-refractivity contribution in [3.8, 4) is 0 Å². The second-order valence-electron chi connectivity index (χ2n) is 3.31. The average Bonchev–Trinajstić information content (AvgIpc) is 1.87. The summed E-state index contributed by atoms with van der Waals surface area (Å²) in [6.07, 6.45) is 6.47. The van der Waals surface area contributed by atoms with Crippen molar-refractivity contribution < 1.29 is 4.74 Å². The molecule has 0 aromatic heterocycles. The van der Waals surface area contributed by atoms with Gasteiger partial charge in [0.15, 0.2) is 0 Å². The van der Waals surface area contributed by atoms with Gasteiger partial charge in [0.25, 0.3) is 0 Å². The van der Waals surface area contributed by atoms with Crippen LogP contribution in [-0.2, 0) is 4.74 Å². The van der Waals surface area contributed by atoms with Gasteiger partial charge in [0.05, 0.1) is 5.60 Å². The van der Waals surface area contributed by atoms with E-state index in [2.05, 4.69) is 26.8 Å². The van der Waals surface area contributed by atoms with Gasteiger partial charge < -0.3 is 4.74 Å². The van der Waals surface area contributed by atoms with E-state index in [4.69, 9.17) is 4.74 Å². The molecule has 0 aliphatic heterocycles. The maximum atomic E-state index is 5.62. The lowest BCUT2D eigenvalue weighted by molar-refractivity contribution is 0.0180. The van der Waals surface area contributed by atoms with E-state index in [0.29, 0.717) is 0 Å². The second kappa shape index (κ2) is 5.36. The summed E-state index contributed by atoms with van der Waals surface area (Å²) in [7, 11) is 0. The van der Waals surface area contributed by atoms with E-state index in [1.54, 1.807) is 0 Å².